The molecule has 0 bridgehead atoms. The Balaban J connectivity index is 1.54. The third-order valence-corrected chi connectivity index (χ3v) is 6.88. The van der Waals surface area contributed by atoms with Crippen LogP contribution in [0.5, 0.6) is 0 Å². The Morgan fingerprint density at radius 3 is 2.61 bits per heavy atom. The van der Waals surface area contributed by atoms with Gasteiger partial charge in [-0.05, 0) is 24.8 Å². The topological polar surface area (TPSA) is 57.5 Å². The van der Waals surface area contributed by atoms with Gasteiger partial charge in [0, 0.05) is 37.8 Å². The van der Waals surface area contributed by atoms with Gasteiger partial charge in [0.2, 0.25) is 10.1 Å². The SMILES string of the molecule is CCc1ccc(-c2nc3sc(N4CCNCC4)nn3c2NC2CCCC2)cc1. The van der Waals surface area contributed by atoms with Crippen molar-refractivity contribution < 1.29 is 0 Å². The standard InChI is InChI=1S/C21H28N6S/c1-2-15-7-9-16(10-8-15)18-19(23-17-5-3-4-6-17)27-20(24-18)28-21(25-27)26-13-11-22-12-14-26/h7-10,17,22-23H,2-6,11-14H2,1H3. The highest BCUT2D eigenvalue weighted by Gasteiger charge is 2.24. The molecule has 7 heteroatoms. The first-order chi connectivity index (χ1) is 13.8. The van der Waals surface area contributed by atoms with Crippen LogP contribution >= 0.6 is 11.3 Å². The number of fused-ring (bicyclic) bond motifs is 1. The van der Waals surface area contributed by atoms with Crippen LogP contribution < -0.4 is 15.5 Å². The summed E-state index contributed by atoms with van der Waals surface area (Å²) in [4.78, 5) is 8.35. The molecule has 1 aliphatic carbocycles. The Morgan fingerprint density at radius 2 is 1.89 bits per heavy atom. The van der Waals surface area contributed by atoms with Crippen molar-refractivity contribution in [1.29, 1.82) is 0 Å². The van der Waals surface area contributed by atoms with Gasteiger partial charge in [-0.25, -0.2) is 4.98 Å². The molecular formula is C21H28N6S. The van der Waals surface area contributed by atoms with Crippen LogP contribution in [0.25, 0.3) is 16.2 Å². The summed E-state index contributed by atoms with van der Waals surface area (Å²) in [5, 5.41) is 13.2. The molecule has 28 heavy (non-hydrogen) atoms. The smallest absolute Gasteiger partial charge is 0.216 e. The molecule has 5 rings (SSSR count). The van der Waals surface area contributed by atoms with Crippen molar-refractivity contribution in [2.75, 3.05) is 36.4 Å². The van der Waals surface area contributed by atoms with Crippen LogP contribution in [0, 0.1) is 0 Å². The molecule has 1 aliphatic heterocycles. The number of anilines is 2. The quantitative estimate of drug-likeness (QED) is 0.687. The van der Waals surface area contributed by atoms with Gasteiger partial charge < -0.3 is 15.5 Å². The monoisotopic (exact) mass is 396 g/mol. The van der Waals surface area contributed by atoms with Crippen molar-refractivity contribution in [1.82, 2.24) is 19.9 Å². The number of imidazole rings is 1. The average molecular weight is 397 g/mol. The zero-order chi connectivity index (χ0) is 18.9. The lowest BCUT2D eigenvalue weighted by Gasteiger charge is -2.26. The van der Waals surface area contributed by atoms with E-state index in [4.69, 9.17) is 10.1 Å². The van der Waals surface area contributed by atoms with Crippen molar-refractivity contribution in [3.05, 3.63) is 29.8 Å². The number of nitrogens with one attached hydrogen (secondary N) is 2. The average Bonchev–Trinajstić information content (AvgIpc) is 3.47. The number of benzene rings is 1. The maximum absolute atomic E-state index is 5.01. The van der Waals surface area contributed by atoms with Gasteiger partial charge in [-0.2, -0.15) is 4.52 Å². The van der Waals surface area contributed by atoms with E-state index in [-0.39, 0.29) is 0 Å². The molecule has 2 aromatic heterocycles. The van der Waals surface area contributed by atoms with Gasteiger partial charge in [0.15, 0.2) is 5.82 Å². The highest BCUT2D eigenvalue weighted by molar-refractivity contribution is 7.20. The summed E-state index contributed by atoms with van der Waals surface area (Å²) in [7, 11) is 0. The molecule has 0 spiro atoms. The van der Waals surface area contributed by atoms with Crippen molar-refractivity contribution in [3.63, 3.8) is 0 Å². The van der Waals surface area contributed by atoms with E-state index in [1.54, 1.807) is 11.3 Å². The largest absolute Gasteiger partial charge is 0.365 e. The summed E-state index contributed by atoms with van der Waals surface area (Å²) in [5.41, 5.74) is 3.55. The van der Waals surface area contributed by atoms with E-state index in [9.17, 15) is 0 Å². The van der Waals surface area contributed by atoms with E-state index < -0.39 is 0 Å². The molecule has 6 nitrogen and oxygen atoms in total. The minimum Gasteiger partial charge on any atom is -0.365 e. The van der Waals surface area contributed by atoms with E-state index in [0.29, 0.717) is 6.04 Å². The van der Waals surface area contributed by atoms with E-state index in [2.05, 4.69) is 46.7 Å². The predicted octanol–water partition coefficient (Wildman–Crippen LogP) is 3.78. The van der Waals surface area contributed by atoms with E-state index >= 15 is 0 Å². The summed E-state index contributed by atoms with van der Waals surface area (Å²) in [6.07, 6.45) is 6.14. The fourth-order valence-corrected chi connectivity index (χ4v) is 5.17. The highest BCUT2D eigenvalue weighted by atomic mass is 32.1. The third-order valence-electron chi connectivity index (χ3n) is 5.91. The molecule has 1 aromatic carbocycles. The van der Waals surface area contributed by atoms with E-state index in [1.165, 1.54) is 36.8 Å². The van der Waals surface area contributed by atoms with Crippen molar-refractivity contribution in [2.24, 2.45) is 0 Å². The first-order valence-electron chi connectivity index (χ1n) is 10.5. The Morgan fingerprint density at radius 1 is 1.14 bits per heavy atom. The Hall–Kier alpha value is -2.12. The van der Waals surface area contributed by atoms with Crippen LogP contribution in [0.1, 0.15) is 38.2 Å². The molecule has 148 valence electrons. The zero-order valence-corrected chi connectivity index (χ0v) is 17.3. The fraction of sp³-hybridized carbons (Fsp3) is 0.524. The van der Waals surface area contributed by atoms with Gasteiger partial charge in [-0.15, -0.1) is 5.10 Å². The van der Waals surface area contributed by atoms with Gasteiger partial charge in [0.25, 0.3) is 0 Å². The summed E-state index contributed by atoms with van der Waals surface area (Å²) in [6.45, 7) is 6.24. The fourth-order valence-electron chi connectivity index (χ4n) is 4.21. The lowest BCUT2D eigenvalue weighted by molar-refractivity contribution is 0.586. The third kappa shape index (κ3) is 3.37. The van der Waals surface area contributed by atoms with Gasteiger partial charge >= 0.3 is 0 Å². The molecule has 2 aliphatic rings. The minimum atomic E-state index is 0.526. The number of hydrogen-bond acceptors (Lipinski definition) is 6. The van der Waals surface area contributed by atoms with Gasteiger partial charge in [0.05, 0.1) is 0 Å². The van der Waals surface area contributed by atoms with Gasteiger partial charge in [-0.1, -0.05) is 55.4 Å². The van der Waals surface area contributed by atoms with Crippen LogP contribution in [0.3, 0.4) is 0 Å². The maximum atomic E-state index is 5.01. The van der Waals surface area contributed by atoms with Gasteiger partial charge in [-0.3, -0.25) is 0 Å². The molecule has 3 heterocycles. The number of piperazine rings is 1. The number of aryl methyl sites for hydroxylation is 1. The predicted molar refractivity (Wildman–Crippen MR) is 117 cm³/mol. The summed E-state index contributed by atoms with van der Waals surface area (Å²) in [6, 6.07) is 9.34. The number of hydrogen-bond donors (Lipinski definition) is 2. The number of rotatable bonds is 5. The lowest BCUT2D eigenvalue weighted by Crippen LogP contribution is -2.43. The second-order valence-corrected chi connectivity index (χ2v) is 8.74. The van der Waals surface area contributed by atoms with Crippen molar-refractivity contribution in [3.8, 4) is 11.3 Å². The van der Waals surface area contributed by atoms with Crippen LogP contribution in [0.2, 0.25) is 0 Å². The lowest BCUT2D eigenvalue weighted by atomic mass is 10.1. The Bertz CT molecular complexity index is 932. The second kappa shape index (κ2) is 7.72. The molecule has 0 unspecified atom stereocenters. The maximum Gasteiger partial charge on any atom is 0.216 e. The summed E-state index contributed by atoms with van der Waals surface area (Å²) < 4.78 is 2.05. The van der Waals surface area contributed by atoms with Crippen molar-refractivity contribution >= 4 is 27.2 Å². The van der Waals surface area contributed by atoms with Crippen LogP contribution in [-0.2, 0) is 6.42 Å². The van der Waals surface area contributed by atoms with Crippen LogP contribution in [0.4, 0.5) is 10.9 Å². The molecule has 0 atom stereocenters. The number of nitrogens with zero attached hydrogens (tertiary/aromatic N) is 4. The molecule has 0 amide bonds. The van der Waals surface area contributed by atoms with Crippen LogP contribution in [0.15, 0.2) is 24.3 Å². The molecule has 2 N–H and O–H groups in total. The molecule has 2 fully saturated rings. The van der Waals surface area contributed by atoms with Crippen LogP contribution in [-0.4, -0.2) is 46.8 Å². The zero-order valence-electron chi connectivity index (χ0n) is 16.4. The first kappa shape index (κ1) is 17.9. The minimum absolute atomic E-state index is 0.526. The molecule has 1 saturated carbocycles. The number of aromatic nitrogens is 3. The van der Waals surface area contributed by atoms with Gasteiger partial charge in [0.1, 0.15) is 5.69 Å². The summed E-state index contributed by atoms with van der Waals surface area (Å²) >= 11 is 1.70. The summed E-state index contributed by atoms with van der Waals surface area (Å²) in [5.74, 6) is 1.06. The second-order valence-electron chi connectivity index (χ2n) is 7.80. The van der Waals surface area contributed by atoms with E-state index in [0.717, 1.165) is 54.2 Å². The molecule has 1 saturated heterocycles. The van der Waals surface area contributed by atoms with Crippen molar-refractivity contribution in [2.45, 2.75) is 45.1 Å². The molecule has 3 aromatic rings. The Labute approximate surface area is 170 Å². The Kier molecular flexibility index (Phi) is 4.94. The molecule has 0 radical (unpaired) electrons. The molecular weight excluding hydrogens is 368 g/mol. The normalized spacial score (nSPS) is 18.2. The highest BCUT2D eigenvalue weighted by Crippen LogP contribution is 2.35. The van der Waals surface area contributed by atoms with E-state index in [1.807, 2.05) is 4.52 Å². The first-order valence-corrected chi connectivity index (χ1v) is 11.3.